The number of ether oxygens (including phenoxy) is 1. The Morgan fingerprint density at radius 2 is 1.76 bits per heavy atom. The lowest BCUT2D eigenvalue weighted by atomic mass is 9.98. The van der Waals surface area contributed by atoms with Crippen LogP contribution in [0.4, 0.5) is 5.69 Å². The number of hydrogen-bond acceptors (Lipinski definition) is 5. The molecule has 0 N–H and O–H groups in total. The topological polar surface area (TPSA) is 45.7 Å². The second-order valence-electron chi connectivity index (χ2n) is 7.26. The van der Waals surface area contributed by atoms with Crippen LogP contribution in [0, 0.1) is 0 Å². The van der Waals surface area contributed by atoms with E-state index >= 15 is 0 Å². The van der Waals surface area contributed by atoms with Crippen molar-refractivity contribution in [1.82, 2.24) is 9.88 Å². The van der Waals surface area contributed by atoms with Crippen molar-refractivity contribution in [3.05, 3.63) is 40.3 Å². The van der Waals surface area contributed by atoms with Crippen molar-refractivity contribution in [3.8, 4) is 5.75 Å². The van der Waals surface area contributed by atoms with E-state index in [1.54, 1.807) is 13.3 Å². The van der Waals surface area contributed by atoms with Crippen molar-refractivity contribution in [2.24, 2.45) is 0 Å². The van der Waals surface area contributed by atoms with Crippen LogP contribution in [-0.2, 0) is 5.41 Å². The highest BCUT2D eigenvalue weighted by atomic mass is 32.1. The minimum Gasteiger partial charge on any atom is -0.497 e. The van der Waals surface area contributed by atoms with Crippen molar-refractivity contribution in [1.29, 1.82) is 0 Å². The molecule has 6 heteroatoms. The SMILES string of the molecule is COc1ccc(N2CCN(C(=O)c3cnc(C(C)(C)C)s3)CC2)cc1. The van der Waals surface area contributed by atoms with Crippen LogP contribution >= 0.6 is 11.3 Å². The van der Waals surface area contributed by atoms with E-state index in [-0.39, 0.29) is 11.3 Å². The van der Waals surface area contributed by atoms with Gasteiger partial charge in [0.15, 0.2) is 0 Å². The summed E-state index contributed by atoms with van der Waals surface area (Å²) < 4.78 is 5.20. The van der Waals surface area contributed by atoms with Crippen molar-refractivity contribution < 1.29 is 9.53 Å². The van der Waals surface area contributed by atoms with Gasteiger partial charge in [0, 0.05) is 37.3 Å². The van der Waals surface area contributed by atoms with E-state index in [1.165, 1.54) is 17.0 Å². The van der Waals surface area contributed by atoms with Gasteiger partial charge in [0.2, 0.25) is 0 Å². The Bertz CT molecular complexity index is 726. The number of piperazine rings is 1. The summed E-state index contributed by atoms with van der Waals surface area (Å²) in [5.41, 5.74) is 1.15. The largest absolute Gasteiger partial charge is 0.497 e. The van der Waals surface area contributed by atoms with E-state index in [4.69, 9.17) is 4.74 Å². The molecule has 0 atom stereocenters. The Labute approximate surface area is 153 Å². The smallest absolute Gasteiger partial charge is 0.265 e. The molecule has 1 saturated heterocycles. The molecule has 0 saturated carbocycles. The second kappa shape index (κ2) is 7.04. The molecule has 0 radical (unpaired) electrons. The van der Waals surface area contributed by atoms with Gasteiger partial charge >= 0.3 is 0 Å². The van der Waals surface area contributed by atoms with E-state index in [0.717, 1.165) is 41.8 Å². The van der Waals surface area contributed by atoms with Crippen molar-refractivity contribution >= 4 is 22.9 Å². The summed E-state index contributed by atoms with van der Waals surface area (Å²) in [5, 5.41) is 1.01. The second-order valence-corrected chi connectivity index (χ2v) is 8.29. The molecule has 2 heterocycles. The number of carbonyl (C=O) groups excluding carboxylic acids is 1. The van der Waals surface area contributed by atoms with Crippen LogP contribution in [0.3, 0.4) is 0 Å². The van der Waals surface area contributed by atoms with E-state index < -0.39 is 0 Å². The molecular formula is C19H25N3O2S. The van der Waals surface area contributed by atoms with Crippen LogP contribution in [0.1, 0.15) is 35.5 Å². The zero-order valence-electron chi connectivity index (χ0n) is 15.3. The average Bonchev–Trinajstić information content (AvgIpc) is 3.12. The molecule has 1 amide bonds. The number of nitrogens with zero attached hydrogens (tertiary/aromatic N) is 3. The van der Waals surface area contributed by atoms with Crippen molar-refractivity contribution in [3.63, 3.8) is 0 Å². The van der Waals surface area contributed by atoms with Gasteiger partial charge in [-0.05, 0) is 24.3 Å². The predicted molar refractivity (Wildman–Crippen MR) is 102 cm³/mol. The van der Waals surface area contributed by atoms with Crippen LogP contribution < -0.4 is 9.64 Å². The Morgan fingerprint density at radius 3 is 2.28 bits per heavy atom. The fraction of sp³-hybridized carbons (Fsp3) is 0.474. The molecule has 0 spiro atoms. The van der Waals surface area contributed by atoms with Gasteiger partial charge in [-0.2, -0.15) is 0 Å². The van der Waals surface area contributed by atoms with Gasteiger partial charge < -0.3 is 14.5 Å². The van der Waals surface area contributed by atoms with Crippen molar-refractivity contribution in [2.45, 2.75) is 26.2 Å². The molecule has 2 aromatic rings. The number of carbonyl (C=O) groups is 1. The monoisotopic (exact) mass is 359 g/mol. The minimum absolute atomic E-state index is 0.0176. The number of anilines is 1. The summed E-state index contributed by atoms with van der Waals surface area (Å²) in [5.74, 6) is 0.958. The summed E-state index contributed by atoms with van der Waals surface area (Å²) in [6.07, 6.45) is 1.73. The standard InChI is InChI=1S/C19H25N3O2S/c1-19(2,3)18-20-13-16(25-18)17(23)22-11-9-21(10-12-22)14-5-7-15(24-4)8-6-14/h5-8,13H,9-12H2,1-4H3. The summed E-state index contributed by atoms with van der Waals surface area (Å²) in [6.45, 7) is 9.49. The number of benzene rings is 1. The Kier molecular flexibility index (Phi) is 4.99. The van der Waals surface area contributed by atoms with Crippen LogP contribution in [0.15, 0.2) is 30.5 Å². The first-order valence-electron chi connectivity index (χ1n) is 8.53. The van der Waals surface area contributed by atoms with Crippen LogP contribution in [-0.4, -0.2) is 49.1 Å². The maximum absolute atomic E-state index is 12.7. The first-order valence-corrected chi connectivity index (χ1v) is 9.35. The van der Waals surface area contributed by atoms with Crippen molar-refractivity contribution in [2.75, 3.05) is 38.2 Å². The summed E-state index contributed by atoms with van der Waals surface area (Å²) in [7, 11) is 1.67. The first kappa shape index (κ1) is 17.7. The Hall–Kier alpha value is -2.08. The lowest BCUT2D eigenvalue weighted by Gasteiger charge is -2.36. The number of hydrogen-bond donors (Lipinski definition) is 0. The molecule has 1 aromatic heterocycles. The third-order valence-corrected chi connectivity index (χ3v) is 5.77. The molecule has 1 fully saturated rings. The Morgan fingerprint density at radius 1 is 1.12 bits per heavy atom. The molecule has 25 heavy (non-hydrogen) atoms. The number of methoxy groups -OCH3 is 1. The summed E-state index contributed by atoms with van der Waals surface area (Å²) in [6, 6.07) is 8.07. The number of thiazole rings is 1. The van der Waals surface area contributed by atoms with E-state index in [0.29, 0.717) is 0 Å². The molecule has 134 valence electrons. The third-order valence-electron chi connectivity index (χ3n) is 4.36. The minimum atomic E-state index is -0.0176. The molecule has 0 unspecified atom stereocenters. The summed E-state index contributed by atoms with van der Waals surface area (Å²) >= 11 is 1.51. The van der Waals surface area contributed by atoms with Gasteiger partial charge in [-0.1, -0.05) is 20.8 Å². The van der Waals surface area contributed by atoms with Crippen LogP contribution in [0.2, 0.25) is 0 Å². The van der Waals surface area contributed by atoms with Gasteiger partial charge in [-0.15, -0.1) is 11.3 Å². The molecule has 1 aliphatic rings. The zero-order chi connectivity index (χ0) is 18.0. The molecule has 0 bridgehead atoms. The van der Waals surface area contributed by atoms with Gasteiger partial charge in [0.1, 0.15) is 10.6 Å². The normalized spacial score (nSPS) is 15.4. The fourth-order valence-corrected chi connectivity index (χ4v) is 3.78. The molecule has 5 nitrogen and oxygen atoms in total. The van der Waals surface area contributed by atoms with Gasteiger partial charge in [0.25, 0.3) is 5.91 Å². The maximum atomic E-state index is 12.7. The van der Waals surface area contributed by atoms with E-state index in [2.05, 4.69) is 42.8 Å². The van der Waals surface area contributed by atoms with Crippen LogP contribution in [0.5, 0.6) is 5.75 Å². The molecular weight excluding hydrogens is 334 g/mol. The van der Waals surface area contributed by atoms with Gasteiger partial charge in [-0.3, -0.25) is 4.79 Å². The lowest BCUT2D eigenvalue weighted by Crippen LogP contribution is -2.48. The quantitative estimate of drug-likeness (QED) is 0.842. The average molecular weight is 359 g/mol. The van der Waals surface area contributed by atoms with E-state index in [1.807, 2.05) is 17.0 Å². The van der Waals surface area contributed by atoms with Gasteiger partial charge in [0.05, 0.1) is 18.3 Å². The first-order chi connectivity index (χ1) is 11.9. The highest BCUT2D eigenvalue weighted by molar-refractivity contribution is 7.13. The molecule has 1 aliphatic heterocycles. The molecule has 1 aromatic carbocycles. The maximum Gasteiger partial charge on any atom is 0.265 e. The predicted octanol–water partition coefficient (Wildman–Crippen LogP) is 3.41. The zero-order valence-corrected chi connectivity index (χ0v) is 16.1. The number of rotatable bonds is 3. The van der Waals surface area contributed by atoms with E-state index in [9.17, 15) is 4.79 Å². The number of amides is 1. The fourth-order valence-electron chi connectivity index (χ4n) is 2.84. The Balaban J connectivity index is 1.61. The highest BCUT2D eigenvalue weighted by Gasteiger charge is 2.26. The molecule has 3 rings (SSSR count). The lowest BCUT2D eigenvalue weighted by molar-refractivity contribution is 0.0751. The summed E-state index contributed by atoms with van der Waals surface area (Å²) in [4.78, 5) is 22.1. The van der Waals surface area contributed by atoms with Gasteiger partial charge in [-0.25, -0.2) is 4.98 Å². The van der Waals surface area contributed by atoms with Crippen LogP contribution in [0.25, 0.3) is 0 Å². The molecule has 0 aliphatic carbocycles. The number of aromatic nitrogens is 1. The highest BCUT2D eigenvalue weighted by Crippen LogP contribution is 2.28. The third kappa shape index (κ3) is 3.95.